The second-order valence-corrected chi connectivity index (χ2v) is 11.8. The van der Waals surface area contributed by atoms with Crippen LogP contribution in [0.25, 0.3) is 11.1 Å². The molecule has 2 amide bonds. The maximum Gasteiger partial charge on any atom is 0.411 e. The molecule has 0 aromatic heterocycles. The number of quaternary nitrogens is 1. The number of likely N-dealkylation sites (tertiary alicyclic amines) is 1. The van der Waals surface area contributed by atoms with Crippen molar-refractivity contribution in [2.45, 2.75) is 38.2 Å². The van der Waals surface area contributed by atoms with Crippen molar-refractivity contribution in [3.05, 3.63) is 76.3 Å². The zero-order valence-electron chi connectivity index (χ0n) is 24.1. The van der Waals surface area contributed by atoms with E-state index in [9.17, 15) is 14.4 Å². The predicted molar refractivity (Wildman–Crippen MR) is 164 cm³/mol. The maximum atomic E-state index is 12.9. The standard InChI is InChI=1S/C32H36BrN3O5.HI/c1-36(2)16-14-25(15-17-36)41-32(39)35-28-18-22(12-13-26(28)23-9-5-4-6-10-23)8-7-11-31(38)34-29-20-30(40-3)24(21-37)19-27(29)33;/h4-6,9-10,12-13,18-21,25H,7-8,11,14-17H2,1-3H3,(H-,34,35,37,38,39);1H. The molecular formula is C32H37BrIN3O5. The number of benzene rings is 3. The first kappa shape index (κ1) is 33.5. The second kappa shape index (κ2) is 15.5. The smallest absolute Gasteiger partial charge is 0.411 e. The van der Waals surface area contributed by atoms with E-state index in [-0.39, 0.29) is 36.0 Å². The molecule has 0 saturated carbocycles. The fraction of sp³-hybridized carbons (Fsp3) is 0.344. The molecule has 0 atom stereocenters. The largest absolute Gasteiger partial charge is 1.00 e. The Morgan fingerprint density at radius 2 is 1.71 bits per heavy atom. The van der Waals surface area contributed by atoms with Crippen molar-refractivity contribution in [2.75, 3.05) is 44.9 Å². The number of carbonyl (C=O) groups excluding carboxylic acids is 3. The Kier molecular flexibility index (Phi) is 12.4. The van der Waals surface area contributed by atoms with E-state index in [1.54, 1.807) is 12.1 Å². The molecule has 42 heavy (non-hydrogen) atoms. The summed E-state index contributed by atoms with van der Waals surface area (Å²) < 4.78 is 12.6. The summed E-state index contributed by atoms with van der Waals surface area (Å²) in [4.78, 5) is 36.8. The number of halogens is 2. The normalized spacial score (nSPS) is 14.3. The second-order valence-electron chi connectivity index (χ2n) is 11.0. The molecule has 1 aliphatic rings. The van der Waals surface area contributed by atoms with Gasteiger partial charge in [-0.2, -0.15) is 0 Å². The van der Waals surface area contributed by atoms with E-state index in [1.807, 2.05) is 48.5 Å². The van der Waals surface area contributed by atoms with Crippen LogP contribution in [-0.2, 0) is 16.0 Å². The first-order chi connectivity index (χ1) is 19.7. The van der Waals surface area contributed by atoms with Crippen LogP contribution < -0.4 is 39.3 Å². The number of amides is 2. The van der Waals surface area contributed by atoms with Gasteiger partial charge < -0.3 is 43.3 Å². The topological polar surface area (TPSA) is 93.7 Å². The SMILES string of the molecule is COc1cc(NC(=O)CCCc2ccc(-c3ccccc3)c(NC(=O)OC3CC[N+](C)(C)CC3)c2)c(Br)cc1C=O.[I-]. The average molecular weight is 750 g/mol. The van der Waals surface area contributed by atoms with Crippen molar-refractivity contribution < 1.29 is 52.3 Å². The molecule has 224 valence electrons. The van der Waals surface area contributed by atoms with E-state index >= 15 is 0 Å². The molecule has 0 spiro atoms. The van der Waals surface area contributed by atoms with Gasteiger partial charge in [0.15, 0.2) is 6.29 Å². The Bertz CT molecular complexity index is 1390. The quantitative estimate of drug-likeness (QED) is 0.188. The van der Waals surface area contributed by atoms with Gasteiger partial charge in [0.05, 0.1) is 51.2 Å². The molecule has 1 fully saturated rings. The van der Waals surface area contributed by atoms with Crippen LogP contribution in [0.3, 0.4) is 0 Å². The zero-order valence-corrected chi connectivity index (χ0v) is 27.9. The van der Waals surface area contributed by atoms with Gasteiger partial charge in [0.1, 0.15) is 11.9 Å². The fourth-order valence-electron chi connectivity index (χ4n) is 4.97. The maximum absolute atomic E-state index is 12.9. The summed E-state index contributed by atoms with van der Waals surface area (Å²) in [7, 11) is 5.86. The molecule has 0 unspecified atom stereocenters. The summed E-state index contributed by atoms with van der Waals surface area (Å²) in [6.45, 7) is 1.95. The number of nitrogens with zero attached hydrogens (tertiary/aromatic N) is 1. The van der Waals surface area contributed by atoms with E-state index in [0.717, 1.165) is 47.1 Å². The summed E-state index contributed by atoms with van der Waals surface area (Å²) in [5.74, 6) is 0.241. The predicted octanol–water partition coefficient (Wildman–Crippen LogP) is 3.69. The van der Waals surface area contributed by atoms with Gasteiger partial charge in [-0.25, -0.2) is 4.79 Å². The molecule has 4 rings (SSSR count). The van der Waals surface area contributed by atoms with Crippen molar-refractivity contribution in [2.24, 2.45) is 0 Å². The highest BCUT2D eigenvalue weighted by Crippen LogP contribution is 2.32. The van der Waals surface area contributed by atoms with E-state index < -0.39 is 6.09 Å². The van der Waals surface area contributed by atoms with Gasteiger partial charge in [0.25, 0.3) is 0 Å². The van der Waals surface area contributed by atoms with E-state index in [2.05, 4.69) is 40.7 Å². The zero-order chi connectivity index (χ0) is 29.4. The summed E-state index contributed by atoms with van der Waals surface area (Å²) in [5, 5.41) is 5.87. The van der Waals surface area contributed by atoms with Gasteiger partial charge in [-0.05, 0) is 52.0 Å². The monoisotopic (exact) mass is 749 g/mol. The van der Waals surface area contributed by atoms with E-state index in [4.69, 9.17) is 9.47 Å². The van der Waals surface area contributed by atoms with Crippen molar-refractivity contribution in [3.8, 4) is 16.9 Å². The molecule has 3 aromatic rings. The summed E-state index contributed by atoms with van der Waals surface area (Å²) in [6, 6.07) is 19.1. The van der Waals surface area contributed by atoms with Crippen LogP contribution in [0.4, 0.5) is 16.2 Å². The molecule has 3 aromatic carbocycles. The highest BCUT2D eigenvalue weighted by Gasteiger charge is 2.28. The molecular weight excluding hydrogens is 713 g/mol. The summed E-state index contributed by atoms with van der Waals surface area (Å²) in [6.07, 6.45) is 3.42. The minimum atomic E-state index is -0.447. The molecule has 0 bridgehead atoms. The van der Waals surface area contributed by atoms with Gasteiger partial charge in [-0.3, -0.25) is 14.9 Å². The van der Waals surface area contributed by atoms with E-state index in [0.29, 0.717) is 52.7 Å². The van der Waals surface area contributed by atoms with Crippen LogP contribution in [0.15, 0.2) is 65.1 Å². The minimum Gasteiger partial charge on any atom is -1.00 e. The fourth-order valence-corrected chi connectivity index (χ4v) is 5.43. The van der Waals surface area contributed by atoms with Crippen molar-refractivity contribution in [1.82, 2.24) is 0 Å². The number of anilines is 2. The third kappa shape index (κ3) is 9.27. The van der Waals surface area contributed by atoms with Gasteiger partial charge in [-0.15, -0.1) is 0 Å². The Morgan fingerprint density at radius 3 is 2.38 bits per heavy atom. The molecule has 8 nitrogen and oxygen atoms in total. The van der Waals surface area contributed by atoms with Crippen LogP contribution in [-0.4, -0.2) is 63.2 Å². The first-order valence-corrected chi connectivity index (χ1v) is 14.6. The number of aryl methyl sites for hydroxylation is 1. The van der Waals surface area contributed by atoms with E-state index in [1.165, 1.54) is 7.11 Å². The number of hydrogen-bond donors (Lipinski definition) is 2. The third-order valence-electron chi connectivity index (χ3n) is 7.38. The highest BCUT2D eigenvalue weighted by molar-refractivity contribution is 9.10. The van der Waals surface area contributed by atoms with Gasteiger partial charge in [-0.1, -0.05) is 42.5 Å². The lowest BCUT2D eigenvalue weighted by Gasteiger charge is -2.36. The summed E-state index contributed by atoms with van der Waals surface area (Å²) in [5.41, 5.74) is 4.51. The molecule has 0 aliphatic carbocycles. The molecule has 2 N–H and O–H groups in total. The van der Waals surface area contributed by atoms with Gasteiger partial charge in [0.2, 0.25) is 5.91 Å². The van der Waals surface area contributed by atoms with Crippen LogP contribution in [0, 0.1) is 0 Å². The minimum absolute atomic E-state index is 0. The Balaban J connectivity index is 0.00000484. The van der Waals surface area contributed by atoms with Crippen molar-refractivity contribution in [1.29, 1.82) is 0 Å². The molecule has 0 radical (unpaired) electrons. The summed E-state index contributed by atoms with van der Waals surface area (Å²) >= 11 is 3.40. The lowest BCUT2D eigenvalue weighted by Crippen LogP contribution is -3.00. The Hall–Kier alpha value is -2.96. The number of nitrogens with one attached hydrogen (secondary N) is 2. The molecule has 1 aliphatic heterocycles. The number of hydrogen-bond acceptors (Lipinski definition) is 5. The lowest BCUT2D eigenvalue weighted by atomic mass is 9.99. The Labute approximate surface area is 272 Å². The highest BCUT2D eigenvalue weighted by atomic mass is 127. The lowest BCUT2D eigenvalue weighted by molar-refractivity contribution is -0.896. The Morgan fingerprint density at radius 1 is 1.00 bits per heavy atom. The molecule has 1 heterocycles. The average Bonchev–Trinajstić information content (AvgIpc) is 2.95. The van der Waals surface area contributed by atoms with Crippen LogP contribution in [0.1, 0.15) is 41.6 Å². The number of aldehydes is 1. The van der Waals surface area contributed by atoms with Crippen LogP contribution in [0.5, 0.6) is 5.75 Å². The van der Waals surface area contributed by atoms with Gasteiger partial charge >= 0.3 is 6.09 Å². The molecule has 10 heteroatoms. The molecule has 1 saturated heterocycles. The first-order valence-electron chi connectivity index (χ1n) is 13.8. The van der Waals surface area contributed by atoms with Crippen LogP contribution >= 0.6 is 15.9 Å². The number of ether oxygens (including phenoxy) is 2. The number of carbonyl (C=O) groups is 3. The number of rotatable bonds is 10. The van der Waals surface area contributed by atoms with Gasteiger partial charge in [0, 0.05) is 35.4 Å². The van der Waals surface area contributed by atoms with Crippen molar-refractivity contribution >= 4 is 45.6 Å². The number of piperidine rings is 1. The number of methoxy groups -OCH3 is 1. The van der Waals surface area contributed by atoms with Crippen molar-refractivity contribution in [3.63, 3.8) is 0 Å². The van der Waals surface area contributed by atoms with Crippen LogP contribution in [0.2, 0.25) is 0 Å². The third-order valence-corrected chi connectivity index (χ3v) is 8.04.